The molecule has 0 saturated carbocycles. The quantitative estimate of drug-likeness (QED) is 0.634. The van der Waals surface area contributed by atoms with Gasteiger partial charge in [-0.1, -0.05) is 13.0 Å². The lowest BCUT2D eigenvalue weighted by molar-refractivity contribution is 0.412. The van der Waals surface area contributed by atoms with Crippen molar-refractivity contribution in [3.8, 4) is 28.7 Å². The van der Waals surface area contributed by atoms with Crippen molar-refractivity contribution in [3.63, 3.8) is 0 Å². The second-order valence-corrected chi connectivity index (χ2v) is 7.91. The van der Waals surface area contributed by atoms with Crippen LogP contribution in [0.25, 0.3) is 22.9 Å². The van der Waals surface area contributed by atoms with Crippen molar-refractivity contribution in [1.82, 2.24) is 14.9 Å². The highest BCUT2D eigenvalue weighted by molar-refractivity contribution is 9.10. The highest BCUT2D eigenvalue weighted by atomic mass is 79.9. The van der Waals surface area contributed by atoms with Crippen molar-refractivity contribution in [1.29, 1.82) is 0 Å². The van der Waals surface area contributed by atoms with E-state index in [9.17, 15) is 8.42 Å². The van der Waals surface area contributed by atoms with E-state index in [-0.39, 0.29) is 10.8 Å². The molecule has 0 aliphatic carbocycles. The summed E-state index contributed by atoms with van der Waals surface area (Å²) in [6, 6.07) is 11.8. The third-order valence-corrected chi connectivity index (χ3v) is 5.71. The number of sulfonamides is 1. The minimum atomic E-state index is -3.56. The number of ether oxygens (including phenoxy) is 1. The first-order valence-corrected chi connectivity index (χ1v) is 9.99. The molecule has 0 bridgehead atoms. The fraction of sp³-hybridized carbons (Fsp3) is 0.176. The number of hydrogen-bond donors (Lipinski definition) is 1. The van der Waals surface area contributed by atoms with Crippen LogP contribution in [0.1, 0.15) is 6.92 Å². The molecule has 3 aromatic rings. The molecule has 2 aromatic carbocycles. The van der Waals surface area contributed by atoms with Gasteiger partial charge in [0.15, 0.2) is 0 Å². The maximum absolute atomic E-state index is 12.1. The molecule has 26 heavy (non-hydrogen) atoms. The standard InChI is InChI=1S/C17H16BrN3O4S/c1-3-19-26(22,23)13-6-4-5-11(9-13)16-20-21-17(25-16)12-7-8-15(24-2)14(18)10-12/h4-10,19H,3H2,1-2H3. The normalized spacial score (nSPS) is 11.5. The molecule has 1 aromatic heterocycles. The van der Waals surface area contributed by atoms with Gasteiger partial charge in [0, 0.05) is 17.7 Å². The highest BCUT2D eigenvalue weighted by Crippen LogP contribution is 2.31. The first-order valence-electron chi connectivity index (χ1n) is 7.72. The van der Waals surface area contributed by atoms with Crippen molar-refractivity contribution in [3.05, 3.63) is 46.9 Å². The van der Waals surface area contributed by atoms with Gasteiger partial charge in [0.2, 0.25) is 21.8 Å². The number of nitrogens with zero attached hydrogens (tertiary/aromatic N) is 2. The molecule has 7 nitrogen and oxygen atoms in total. The topological polar surface area (TPSA) is 94.3 Å². The van der Waals surface area contributed by atoms with Gasteiger partial charge < -0.3 is 9.15 Å². The molecule has 0 aliphatic rings. The van der Waals surface area contributed by atoms with Gasteiger partial charge >= 0.3 is 0 Å². The van der Waals surface area contributed by atoms with E-state index in [4.69, 9.17) is 9.15 Å². The summed E-state index contributed by atoms with van der Waals surface area (Å²) in [6.45, 7) is 2.03. The lowest BCUT2D eigenvalue weighted by atomic mass is 10.2. The molecule has 0 fully saturated rings. The van der Waals surface area contributed by atoms with Crippen molar-refractivity contribution in [2.75, 3.05) is 13.7 Å². The van der Waals surface area contributed by atoms with E-state index in [1.165, 1.54) is 12.1 Å². The Kier molecular flexibility index (Phi) is 5.40. The number of aromatic nitrogens is 2. The number of methoxy groups -OCH3 is 1. The van der Waals surface area contributed by atoms with Gasteiger partial charge in [-0.3, -0.25) is 0 Å². The molecule has 3 rings (SSSR count). The van der Waals surface area contributed by atoms with Gasteiger partial charge in [0.25, 0.3) is 0 Å². The minimum absolute atomic E-state index is 0.142. The summed E-state index contributed by atoms with van der Waals surface area (Å²) in [7, 11) is -1.98. The van der Waals surface area contributed by atoms with Gasteiger partial charge in [-0.15, -0.1) is 10.2 Å². The maximum Gasteiger partial charge on any atom is 0.248 e. The molecule has 0 aliphatic heterocycles. The van der Waals surface area contributed by atoms with Crippen LogP contribution in [0.3, 0.4) is 0 Å². The lowest BCUT2D eigenvalue weighted by Crippen LogP contribution is -2.23. The Labute approximate surface area is 159 Å². The SMILES string of the molecule is CCNS(=O)(=O)c1cccc(-c2nnc(-c3ccc(OC)c(Br)c3)o2)c1. The molecule has 9 heteroatoms. The molecular weight excluding hydrogens is 422 g/mol. The van der Waals surface area contributed by atoms with E-state index in [1.54, 1.807) is 38.3 Å². The summed E-state index contributed by atoms with van der Waals surface area (Å²) in [6.07, 6.45) is 0. The Morgan fingerprint density at radius 1 is 1.12 bits per heavy atom. The van der Waals surface area contributed by atoms with Gasteiger partial charge in [0.05, 0.1) is 16.5 Å². The van der Waals surface area contributed by atoms with Gasteiger partial charge in [0.1, 0.15) is 5.75 Å². The molecule has 0 atom stereocenters. The fourth-order valence-electron chi connectivity index (χ4n) is 2.33. The van der Waals surface area contributed by atoms with Crippen molar-refractivity contribution in [2.24, 2.45) is 0 Å². The zero-order valence-electron chi connectivity index (χ0n) is 14.1. The zero-order valence-corrected chi connectivity index (χ0v) is 16.5. The third kappa shape index (κ3) is 3.79. The summed E-state index contributed by atoms with van der Waals surface area (Å²) in [5.41, 5.74) is 1.24. The Morgan fingerprint density at radius 2 is 1.81 bits per heavy atom. The Balaban J connectivity index is 1.94. The van der Waals surface area contributed by atoms with Crippen LogP contribution in [-0.2, 0) is 10.0 Å². The molecule has 0 spiro atoms. The van der Waals surface area contributed by atoms with E-state index in [2.05, 4.69) is 30.8 Å². The number of halogens is 1. The lowest BCUT2D eigenvalue weighted by Gasteiger charge is -2.05. The van der Waals surface area contributed by atoms with Crippen molar-refractivity contribution in [2.45, 2.75) is 11.8 Å². The predicted octanol–water partition coefficient (Wildman–Crippen LogP) is 3.47. The summed E-state index contributed by atoms with van der Waals surface area (Å²) in [5, 5.41) is 8.07. The van der Waals surface area contributed by atoms with Crippen LogP contribution in [0.15, 0.2) is 56.2 Å². The Hall–Kier alpha value is -2.23. The summed E-state index contributed by atoms with van der Waals surface area (Å²) < 4.78 is 38.4. The van der Waals surface area contributed by atoms with Gasteiger partial charge in [-0.05, 0) is 52.3 Å². The van der Waals surface area contributed by atoms with Crippen LogP contribution < -0.4 is 9.46 Å². The second-order valence-electron chi connectivity index (χ2n) is 5.29. The molecule has 0 unspecified atom stereocenters. The largest absolute Gasteiger partial charge is 0.496 e. The molecule has 136 valence electrons. The number of benzene rings is 2. The summed E-state index contributed by atoms with van der Waals surface area (Å²) >= 11 is 3.41. The van der Waals surface area contributed by atoms with Crippen LogP contribution in [0.4, 0.5) is 0 Å². The molecule has 0 radical (unpaired) electrons. The Morgan fingerprint density at radius 3 is 2.42 bits per heavy atom. The van der Waals surface area contributed by atoms with Crippen LogP contribution in [-0.4, -0.2) is 32.3 Å². The zero-order chi connectivity index (χ0) is 18.7. The smallest absolute Gasteiger partial charge is 0.248 e. The van der Waals surface area contributed by atoms with Gasteiger partial charge in [-0.25, -0.2) is 13.1 Å². The van der Waals surface area contributed by atoms with E-state index in [0.717, 1.165) is 4.47 Å². The predicted molar refractivity (Wildman–Crippen MR) is 100 cm³/mol. The highest BCUT2D eigenvalue weighted by Gasteiger charge is 2.16. The molecule has 0 saturated heterocycles. The Bertz CT molecular complexity index is 1030. The number of nitrogens with one attached hydrogen (secondary N) is 1. The second kappa shape index (κ2) is 7.56. The summed E-state index contributed by atoms with van der Waals surface area (Å²) in [4.78, 5) is 0.142. The molecule has 1 N–H and O–H groups in total. The number of hydrogen-bond acceptors (Lipinski definition) is 6. The molecular formula is C17H16BrN3O4S. The van der Waals surface area contributed by atoms with Crippen LogP contribution in [0.5, 0.6) is 5.75 Å². The first kappa shape index (κ1) is 18.6. The average Bonchev–Trinajstić information content (AvgIpc) is 3.12. The van der Waals surface area contributed by atoms with Crippen molar-refractivity contribution < 1.29 is 17.6 Å². The maximum atomic E-state index is 12.1. The van der Waals surface area contributed by atoms with E-state index in [1.807, 2.05) is 6.07 Å². The molecule has 1 heterocycles. The van der Waals surface area contributed by atoms with E-state index >= 15 is 0 Å². The van der Waals surface area contributed by atoms with E-state index in [0.29, 0.717) is 29.3 Å². The van der Waals surface area contributed by atoms with Crippen molar-refractivity contribution >= 4 is 26.0 Å². The monoisotopic (exact) mass is 437 g/mol. The van der Waals surface area contributed by atoms with Crippen LogP contribution in [0.2, 0.25) is 0 Å². The third-order valence-electron chi connectivity index (χ3n) is 3.55. The van der Waals surface area contributed by atoms with E-state index < -0.39 is 10.0 Å². The average molecular weight is 438 g/mol. The van der Waals surface area contributed by atoms with Crippen LogP contribution in [0, 0.1) is 0 Å². The van der Waals surface area contributed by atoms with Crippen LogP contribution >= 0.6 is 15.9 Å². The molecule has 0 amide bonds. The fourth-order valence-corrected chi connectivity index (χ4v) is 3.95. The minimum Gasteiger partial charge on any atom is -0.496 e. The summed E-state index contributed by atoms with van der Waals surface area (Å²) in [5.74, 6) is 1.25. The first-order chi connectivity index (χ1) is 12.4. The van der Waals surface area contributed by atoms with Gasteiger partial charge in [-0.2, -0.15) is 0 Å². The number of rotatable bonds is 6.